The SMILES string of the molecule is CC1CC1CNCC1CCCCN1C. The van der Waals surface area contributed by atoms with Gasteiger partial charge in [-0.2, -0.15) is 0 Å². The van der Waals surface area contributed by atoms with Gasteiger partial charge in [0, 0.05) is 12.6 Å². The monoisotopic (exact) mass is 196 g/mol. The van der Waals surface area contributed by atoms with Crippen molar-refractivity contribution in [2.45, 2.75) is 38.6 Å². The molecule has 0 bridgehead atoms. The number of rotatable bonds is 4. The highest BCUT2D eigenvalue weighted by atomic mass is 15.2. The van der Waals surface area contributed by atoms with E-state index in [4.69, 9.17) is 0 Å². The van der Waals surface area contributed by atoms with Crippen molar-refractivity contribution >= 4 is 0 Å². The second-order valence-electron chi connectivity index (χ2n) is 5.26. The molecule has 1 aliphatic carbocycles. The van der Waals surface area contributed by atoms with Gasteiger partial charge >= 0.3 is 0 Å². The van der Waals surface area contributed by atoms with E-state index in [0.717, 1.165) is 17.9 Å². The van der Waals surface area contributed by atoms with Crippen LogP contribution in [0.5, 0.6) is 0 Å². The van der Waals surface area contributed by atoms with Crippen LogP contribution in [0.15, 0.2) is 0 Å². The average Bonchev–Trinajstić information content (AvgIpc) is 2.86. The fourth-order valence-corrected chi connectivity index (χ4v) is 2.52. The molecule has 1 saturated heterocycles. The van der Waals surface area contributed by atoms with E-state index in [-0.39, 0.29) is 0 Å². The van der Waals surface area contributed by atoms with Gasteiger partial charge in [-0.15, -0.1) is 0 Å². The van der Waals surface area contributed by atoms with E-state index in [1.807, 2.05) is 0 Å². The number of hydrogen-bond donors (Lipinski definition) is 1. The van der Waals surface area contributed by atoms with Crippen LogP contribution in [0, 0.1) is 11.8 Å². The van der Waals surface area contributed by atoms with Crippen molar-refractivity contribution < 1.29 is 0 Å². The van der Waals surface area contributed by atoms with Gasteiger partial charge in [0.1, 0.15) is 0 Å². The molecular formula is C12H24N2. The lowest BCUT2D eigenvalue weighted by Crippen LogP contribution is -2.43. The zero-order valence-electron chi connectivity index (χ0n) is 9.63. The van der Waals surface area contributed by atoms with Gasteiger partial charge in [0.15, 0.2) is 0 Å². The lowest BCUT2D eigenvalue weighted by Gasteiger charge is -2.32. The average molecular weight is 196 g/mol. The maximum Gasteiger partial charge on any atom is 0.0217 e. The van der Waals surface area contributed by atoms with Gasteiger partial charge in [-0.05, 0) is 51.2 Å². The summed E-state index contributed by atoms with van der Waals surface area (Å²) in [5.74, 6) is 1.98. The summed E-state index contributed by atoms with van der Waals surface area (Å²) in [5, 5.41) is 3.64. The van der Waals surface area contributed by atoms with Gasteiger partial charge in [0.25, 0.3) is 0 Å². The molecule has 3 atom stereocenters. The minimum absolute atomic E-state index is 0.804. The lowest BCUT2D eigenvalue weighted by molar-refractivity contribution is 0.181. The second kappa shape index (κ2) is 4.63. The highest BCUT2D eigenvalue weighted by molar-refractivity contribution is 4.85. The van der Waals surface area contributed by atoms with E-state index in [0.29, 0.717) is 0 Å². The minimum atomic E-state index is 0.804. The third kappa shape index (κ3) is 2.71. The predicted molar refractivity (Wildman–Crippen MR) is 60.4 cm³/mol. The largest absolute Gasteiger partial charge is 0.315 e. The van der Waals surface area contributed by atoms with Gasteiger partial charge in [-0.25, -0.2) is 0 Å². The van der Waals surface area contributed by atoms with Crippen LogP contribution in [0.3, 0.4) is 0 Å². The number of piperidine rings is 1. The highest BCUT2D eigenvalue weighted by Gasteiger charge is 2.31. The fourth-order valence-electron chi connectivity index (χ4n) is 2.52. The molecule has 0 radical (unpaired) electrons. The molecule has 2 rings (SSSR count). The molecule has 1 saturated carbocycles. The van der Waals surface area contributed by atoms with Crippen molar-refractivity contribution in [2.75, 3.05) is 26.7 Å². The standard InChI is InChI=1S/C12H24N2/c1-10-7-11(10)8-13-9-12-5-3-4-6-14(12)2/h10-13H,3-9H2,1-2H3. The molecular weight excluding hydrogens is 172 g/mol. The quantitative estimate of drug-likeness (QED) is 0.736. The number of hydrogen-bond acceptors (Lipinski definition) is 2. The van der Waals surface area contributed by atoms with Crippen LogP contribution in [-0.4, -0.2) is 37.6 Å². The van der Waals surface area contributed by atoms with Crippen molar-refractivity contribution in [1.29, 1.82) is 0 Å². The van der Waals surface area contributed by atoms with Crippen molar-refractivity contribution in [3.8, 4) is 0 Å². The van der Waals surface area contributed by atoms with Gasteiger partial charge in [0.05, 0.1) is 0 Å². The number of likely N-dealkylation sites (N-methyl/N-ethyl adjacent to an activating group) is 1. The van der Waals surface area contributed by atoms with Crippen LogP contribution in [0.1, 0.15) is 32.6 Å². The first-order valence-electron chi connectivity index (χ1n) is 6.18. The summed E-state index contributed by atoms with van der Waals surface area (Å²) >= 11 is 0. The number of nitrogens with zero attached hydrogens (tertiary/aromatic N) is 1. The molecule has 0 amide bonds. The molecule has 3 unspecified atom stereocenters. The molecule has 0 aromatic carbocycles. The van der Waals surface area contributed by atoms with Crippen LogP contribution >= 0.6 is 0 Å². The maximum atomic E-state index is 3.64. The lowest BCUT2D eigenvalue weighted by atomic mass is 10.0. The molecule has 2 aliphatic rings. The fraction of sp³-hybridized carbons (Fsp3) is 1.00. The van der Waals surface area contributed by atoms with Crippen molar-refractivity contribution in [2.24, 2.45) is 11.8 Å². The van der Waals surface area contributed by atoms with Crippen molar-refractivity contribution in [3.63, 3.8) is 0 Å². The van der Waals surface area contributed by atoms with Crippen molar-refractivity contribution in [3.05, 3.63) is 0 Å². The molecule has 0 aromatic rings. The van der Waals surface area contributed by atoms with Gasteiger partial charge in [-0.1, -0.05) is 13.3 Å². The van der Waals surface area contributed by atoms with Gasteiger partial charge in [-0.3, -0.25) is 0 Å². The predicted octanol–water partition coefficient (Wildman–Crippen LogP) is 1.72. The Bertz CT molecular complexity index is 181. The third-order valence-corrected chi connectivity index (χ3v) is 3.98. The Balaban J connectivity index is 1.59. The minimum Gasteiger partial charge on any atom is -0.315 e. The first-order chi connectivity index (χ1) is 6.77. The Kier molecular flexibility index (Phi) is 3.45. The molecule has 2 nitrogen and oxygen atoms in total. The molecule has 2 fully saturated rings. The zero-order chi connectivity index (χ0) is 9.97. The molecule has 2 heteroatoms. The van der Waals surface area contributed by atoms with Crippen LogP contribution < -0.4 is 5.32 Å². The summed E-state index contributed by atoms with van der Waals surface area (Å²) < 4.78 is 0. The van der Waals surface area contributed by atoms with Gasteiger partial charge in [0.2, 0.25) is 0 Å². The topological polar surface area (TPSA) is 15.3 Å². The molecule has 1 heterocycles. The zero-order valence-corrected chi connectivity index (χ0v) is 9.63. The second-order valence-corrected chi connectivity index (χ2v) is 5.26. The van der Waals surface area contributed by atoms with Crippen molar-refractivity contribution in [1.82, 2.24) is 10.2 Å². The van der Waals surface area contributed by atoms with Crippen LogP contribution in [0.2, 0.25) is 0 Å². The Labute approximate surface area is 88.1 Å². The molecule has 0 spiro atoms. The molecule has 14 heavy (non-hydrogen) atoms. The maximum absolute atomic E-state index is 3.64. The molecule has 0 aromatic heterocycles. The Morgan fingerprint density at radius 1 is 1.29 bits per heavy atom. The highest BCUT2D eigenvalue weighted by Crippen LogP contribution is 2.36. The van der Waals surface area contributed by atoms with E-state index in [1.54, 1.807) is 0 Å². The summed E-state index contributed by atoms with van der Waals surface area (Å²) in [5.41, 5.74) is 0. The summed E-state index contributed by atoms with van der Waals surface area (Å²) in [7, 11) is 2.27. The first kappa shape index (κ1) is 10.4. The van der Waals surface area contributed by atoms with Crippen LogP contribution in [-0.2, 0) is 0 Å². The summed E-state index contributed by atoms with van der Waals surface area (Å²) in [6.45, 7) is 6.12. The summed E-state index contributed by atoms with van der Waals surface area (Å²) in [6, 6.07) is 0.804. The molecule has 1 aliphatic heterocycles. The van der Waals surface area contributed by atoms with E-state index in [9.17, 15) is 0 Å². The van der Waals surface area contributed by atoms with Crippen LogP contribution in [0.4, 0.5) is 0 Å². The van der Waals surface area contributed by atoms with Crippen LogP contribution in [0.25, 0.3) is 0 Å². The third-order valence-electron chi connectivity index (χ3n) is 3.98. The Hall–Kier alpha value is -0.0800. The number of nitrogens with one attached hydrogen (secondary N) is 1. The van der Waals surface area contributed by atoms with E-state index in [1.165, 1.54) is 45.3 Å². The molecule has 1 N–H and O–H groups in total. The Morgan fingerprint density at radius 2 is 2.07 bits per heavy atom. The summed E-state index contributed by atoms with van der Waals surface area (Å²) in [4.78, 5) is 2.52. The smallest absolute Gasteiger partial charge is 0.0217 e. The first-order valence-corrected chi connectivity index (χ1v) is 6.18. The summed E-state index contributed by atoms with van der Waals surface area (Å²) in [6.07, 6.45) is 5.67. The normalized spacial score (nSPS) is 38.6. The Morgan fingerprint density at radius 3 is 2.71 bits per heavy atom. The molecule has 82 valence electrons. The van der Waals surface area contributed by atoms with E-state index < -0.39 is 0 Å². The van der Waals surface area contributed by atoms with E-state index >= 15 is 0 Å². The van der Waals surface area contributed by atoms with E-state index in [2.05, 4.69) is 24.2 Å². The number of likely N-dealkylation sites (tertiary alicyclic amines) is 1. The van der Waals surface area contributed by atoms with Gasteiger partial charge < -0.3 is 10.2 Å².